The molecule has 4 saturated heterocycles. The number of esters is 1. The van der Waals surface area contributed by atoms with Crippen molar-refractivity contribution in [2.45, 2.75) is 141 Å². The highest BCUT2D eigenvalue weighted by atomic mass is 16.7. The van der Waals surface area contributed by atoms with Crippen LogP contribution in [0.2, 0.25) is 0 Å². The van der Waals surface area contributed by atoms with Crippen LogP contribution in [0.1, 0.15) is 80.2 Å². The smallest absolute Gasteiger partial charge is 0.311 e. The summed E-state index contributed by atoms with van der Waals surface area (Å²) in [6.45, 7) is 20.7. The molecule has 4 fully saturated rings. The van der Waals surface area contributed by atoms with Crippen LogP contribution in [0, 0.1) is 17.8 Å². The van der Waals surface area contributed by atoms with Gasteiger partial charge in [0.2, 0.25) is 0 Å². The number of benzene rings is 1. The van der Waals surface area contributed by atoms with Gasteiger partial charge in [-0.2, -0.15) is 0 Å². The molecule has 5 heterocycles. The fourth-order valence-corrected chi connectivity index (χ4v) is 9.27. The Morgan fingerprint density at radius 3 is 2.51 bits per heavy atom. The number of para-hydroxylation sites is 1. The molecule has 14 atom stereocenters. The summed E-state index contributed by atoms with van der Waals surface area (Å²) in [6.07, 6.45) is 1.36. The van der Waals surface area contributed by atoms with Crippen LogP contribution in [0.25, 0.3) is 17.0 Å². The zero-order valence-electron chi connectivity index (χ0n) is 35.8. The van der Waals surface area contributed by atoms with E-state index in [-0.39, 0.29) is 37.3 Å². The minimum atomic E-state index is -1.63. The SMILES string of the molecule is C=C1CO[C@H]2[C@@H](C)N(C/C=C/c3cnc4ccccc4c3)C[C@H](C)C[C@@](C)(OC1)[C@H](O[C@@H]1O[C@H](C)C[C@H](N(C)C)[C@H]1O)[C@@H](C)C(O)C(C)C(=O)O[C@H](CC)[C@@]2(C)O. The Hall–Kier alpha value is -2.78. The van der Waals surface area contributed by atoms with E-state index in [0.717, 1.165) is 16.5 Å². The predicted octanol–water partition coefficient (Wildman–Crippen LogP) is 5.23. The minimum Gasteiger partial charge on any atom is -0.459 e. The van der Waals surface area contributed by atoms with Gasteiger partial charge in [0, 0.05) is 42.7 Å². The van der Waals surface area contributed by atoms with Crippen molar-refractivity contribution >= 4 is 22.9 Å². The molecule has 6 rings (SSSR count). The van der Waals surface area contributed by atoms with Gasteiger partial charge in [0.05, 0.1) is 48.6 Å². The van der Waals surface area contributed by atoms with Crippen molar-refractivity contribution in [3.05, 3.63) is 60.3 Å². The number of hydrogen-bond donors (Lipinski definition) is 3. The van der Waals surface area contributed by atoms with Gasteiger partial charge in [-0.05, 0) is 97.2 Å². The number of rotatable bonds is 7. The Morgan fingerprint density at radius 1 is 1.09 bits per heavy atom. The normalized spacial score (nSPS) is 39.7. The Kier molecular flexibility index (Phi) is 15.2. The summed E-state index contributed by atoms with van der Waals surface area (Å²) in [5, 5.41) is 37.2. The van der Waals surface area contributed by atoms with Crippen LogP contribution in [0.15, 0.2) is 54.8 Å². The number of nitrogens with zero attached hydrogens (tertiary/aromatic N) is 3. The molecule has 0 spiro atoms. The van der Waals surface area contributed by atoms with Crippen LogP contribution in [0.4, 0.5) is 0 Å². The molecule has 0 saturated carbocycles. The van der Waals surface area contributed by atoms with E-state index in [9.17, 15) is 20.1 Å². The summed E-state index contributed by atoms with van der Waals surface area (Å²) in [5.41, 5.74) is -0.154. The maximum Gasteiger partial charge on any atom is 0.311 e. The Balaban J connectivity index is 1.59. The molecule has 1 aromatic heterocycles. The average molecular weight is 796 g/mol. The number of fused-ring (bicyclic) bond motifs is 16. The second-order valence-corrected chi connectivity index (χ2v) is 17.8. The molecule has 2 aromatic rings. The lowest BCUT2D eigenvalue weighted by molar-refractivity contribution is -0.303. The van der Waals surface area contributed by atoms with E-state index in [1.54, 1.807) is 13.8 Å². The van der Waals surface area contributed by atoms with E-state index < -0.39 is 65.8 Å². The maximum atomic E-state index is 14.0. The van der Waals surface area contributed by atoms with Crippen molar-refractivity contribution in [1.29, 1.82) is 0 Å². The van der Waals surface area contributed by atoms with Gasteiger partial charge in [0.1, 0.15) is 23.9 Å². The molecule has 4 aliphatic rings. The van der Waals surface area contributed by atoms with Gasteiger partial charge in [-0.3, -0.25) is 14.7 Å². The Morgan fingerprint density at radius 2 is 1.81 bits per heavy atom. The maximum absolute atomic E-state index is 14.0. The third kappa shape index (κ3) is 10.5. The molecule has 4 aliphatic heterocycles. The van der Waals surface area contributed by atoms with Crippen LogP contribution in [0.5, 0.6) is 0 Å². The lowest BCUT2D eigenvalue weighted by Crippen LogP contribution is -2.61. The summed E-state index contributed by atoms with van der Waals surface area (Å²) in [6, 6.07) is 9.54. The molecular weight excluding hydrogens is 727 g/mol. The second-order valence-electron chi connectivity index (χ2n) is 17.8. The number of aromatic nitrogens is 1. The summed E-state index contributed by atoms with van der Waals surface area (Å²) in [7, 11) is 3.84. The van der Waals surface area contributed by atoms with Crippen molar-refractivity contribution in [3.8, 4) is 0 Å². The molecule has 12 heteroatoms. The molecular formula is C45H69N3O9. The third-order valence-electron chi connectivity index (χ3n) is 12.6. The van der Waals surface area contributed by atoms with E-state index in [4.69, 9.17) is 23.7 Å². The van der Waals surface area contributed by atoms with E-state index >= 15 is 0 Å². The van der Waals surface area contributed by atoms with Crippen LogP contribution in [-0.4, -0.2) is 143 Å². The summed E-state index contributed by atoms with van der Waals surface area (Å²) < 4.78 is 32.8. The molecule has 3 N–H and O–H groups in total. The first kappa shape index (κ1) is 45.3. The fourth-order valence-electron chi connectivity index (χ4n) is 9.27. The van der Waals surface area contributed by atoms with Gasteiger partial charge in [0.25, 0.3) is 0 Å². The summed E-state index contributed by atoms with van der Waals surface area (Å²) in [5.74, 6) is -2.35. The third-order valence-corrected chi connectivity index (χ3v) is 12.6. The van der Waals surface area contributed by atoms with Crippen LogP contribution in [-0.2, 0) is 28.5 Å². The zero-order valence-corrected chi connectivity index (χ0v) is 35.8. The van der Waals surface area contributed by atoms with Crippen molar-refractivity contribution in [1.82, 2.24) is 14.8 Å². The minimum absolute atomic E-state index is 0.0185. The van der Waals surface area contributed by atoms with E-state index in [1.807, 2.05) is 84.1 Å². The summed E-state index contributed by atoms with van der Waals surface area (Å²) in [4.78, 5) is 22.9. The second kappa shape index (κ2) is 19.1. The molecule has 0 radical (unpaired) electrons. The Labute approximate surface area is 340 Å². The monoisotopic (exact) mass is 796 g/mol. The largest absolute Gasteiger partial charge is 0.459 e. The first-order chi connectivity index (χ1) is 26.9. The molecule has 12 nitrogen and oxygen atoms in total. The molecule has 0 amide bonds. The molecule has 318 valence electrons. The van der Waals surface area contributed by atoms with Gasteiger partial charge >= 0.3 is 5.97 Å². The van der Waals surface area contributed by atoms with E-state index in [1.165, 1.54) is 0 Å². The van der Waals surface area contributed by atoms with E-state index in [0.29, 0.717) is 37.9 Å². The van der Waals surface area contributed by atoms with Crippen molar-refractivity contribution in [2.75, 3.05) is 40.4 Å². The number of carbonyl (C=O) groups is 1. The number of carbonyl (C=O) groups excluding carboxylic acids is 1. The van der Waals surface area contributed by atoms with Gasteiger partial charge in [0.15, 0.2) is 6.29 Å². The number of ether oxygens (including phenoxy) is 5. The van der Waals surface area contributed by atoms with Crippen molar-refractivity contribution in [3.63, 3.8) is 0 Å². The van der Waals surface area contributed by atoms with Gasteiger partial charge < -0.3 is 43.9 Å². The predicted molar refractivity (Wildman–Crippen MR) is 221 cm³/mol. The number of hydrogen-bond acceptors (Lipinski definition) is 12. The molecule has 0 aliphatic carbocycles. The highest BCUT2D eigenvalue weighted by Gasteiger charge is 2.52. The lowest BCUT2D eigenvalue weighted by atomic mass is 9.77. The number of aliphatic hydroxyl groups is 3. The van der Waals surface area contributed by atoms with Crippen molar-refractivity contribution < 1.29 is 43.8 Å². The molecule has 57 heavy (non-hydrogen) atoms. The first-order valence-corrected chi connectivity index (χ1v) is 20.8. The van der Waals surface area contributed by atoms with E-state index in [2.05, 4.69) is 41.6 Å². The lowest BCUT2D eigenvalue weighted by Gasteiger charge is -2.48. The Bertz CT molecular complexity index is 1690. The molecule has 2 bridgehead atoms. The fraction of sp³-hybridized carbons (Fsp3) is 0.689. The average Bonchev–Trinajstić information content (AvgIpc) is 3.16. The zero-order chi connectivity index (χ0) is 41.8. The molecule has 2 unspecified atom stereocenters. The van der Waals surface area contributed by atoms with Crippen LogP contribution < -0.4 is 0 Å². The topological polar surface area (TPSA) is 143 Å². The summed E-state index contributed by atoms with van der Waals surface area (Å²) >= 11 is 0. The number of pyridine rings is 1. The quantitative estimate of drug-likeness (QED) is 0.250. The van der Waals surface area contributed by atoms with Crippen molar-refractivity contribution in [2.24, 2.45) is 17.8 Å². The molecule has 1 aromatic carbocycles. The highest BCUT2D eigenvalue weighted by Crippen LogP contribution is 2.39. The number of aliphatic hydroxyl groups excluding tert-OH is 2. The first-order valence-electron chi connectivity index (χ1n) is 20.8. The van der Waals surface area contributed by atoms with Crippen LogP contribution in [0.3, 0.4) is 0 Å². The highest BCUT2D eigenvalue weighted by molar-refractivity contribution is 5.80. The van der Waals surface area contributed by atoms with Gasteiger partial charge in [-0.1, -0.05) is 57.7 Å². The number of likely N-dealkylation sites (N-methyl/N-ethyl adjacent to an activating group) is 1. The standard InChI is InChI=1S/C45H69N3O9/c1-12-37-45(9,52)41-32(7)48(19-15-16-33-21-34-17-13-14-18-35(34)46-23-33)24-27(2)22-44(8,54-26-28(3)25-53-41)40(30(5)38(49)31(6)42(51)56-37)57-43-39(50)36(47(10)11)20-29(4)55-43/h13-18,21,23,27,29-32,36-41,43,49-50,52H,3,12,19-20,22,24-26H2,1-2,4-11H3/b16-15+/t27-,29-,30+,31?,32-,36+,37-,38?,39-,40-,41+,43+,44-,45-/m1/s1. The van der Waals surface area contributed by atoms with Gasteiger partial charge in [-0.25, -0.2) is 0 Å². The van der Waals surface area contributed by atoms with Gasteiger partial charge in [-0.15, -0.1) is 0 Å². The van der Waals surface area contributed by atoms with Crippen LogP contribution >= 0.6 is 0 Å².